The first-order valence-electron chi connectivity index (χ1n) is 15.1. The van der Waals surface area contributed by atoms with Crippen LogP contribution in [0, 0.1) is 18.8 Å². The van der Waals surface area contributed by atoms with E-state index in [1.165, 1.54) is 5.56 Å². The molecule has 2 saturated heterocycles. The molecule has 3 atom stereocenters. The number of hydrogen-bond acceptors (Lipinski definition) is 5. The summed E-state index contributed by atoms with van der Waals surface area (Å²) in [5.41, 5.74) is 6.08. The van der Waals surface area contributed by atoms with Crippen LogP contribution in [0.2, 0.25) is 0 Å². The Hall–Kier alpha value is -2.90. The molecule has 218 valence electrons. The number of ether oxygens (including phenoxy) is 1. The first-order valence-corrected chi connectivity index (χ1v) is 15.1. The van der Waals surface area contributed by atoms with E-state index in [2.05, 4.69) is 78.9 Å². The lowest BCUT2D eigenvalue weighted by Gasteiger charge is -2.37. The van der Waals surface area contributed by atoms with E-state index in [0.29, 0.717) is 24.2 Å². The monoisotopic (exact) mass is 548 g/mol. The smallest absolute Gasteiger partial charge is 0.251 e. The van der Waals surface area contributed by atoms with E-state index in [-0.39, 0.29) is 29.7 Å². The van der Waals surface area contributed by atoms with Gasteiger partial charge in [-0.25, -0.2) is 0 Å². The minimum absolute atomic E-state index is 0.0291. The summed E-state index contributed by atoms with van der Waals surface area (Å²) in [6.07, 6.45) is 2.87. The molecular weight excluding hydrogens is 500 g/mol. The maximum atomic E-state index is 13.7. The zero-order valence-electron chi connectivity index (χ0n) is 25.2. The van der Waals surface area contributed by atoms with E-state index in [1.807, 2.05) is 19.9 Å². The van der Waals surface area contributed by atoms with Crippen LogP contribution in [-0.2, 0) is 16.1 Å². The number of anilines is 1. The largest absolute Gasteiger partial charge is 0.381 e. The molecule has 3 N–H and O–H groups in total. The maximum absolute atomic E-state index is 13.7. The molecule has 2 aliphatic heterocycles. The number of nitrogens with zero attached hydrogens (tertiary/aromatic N) is 1. The van der Waals surface area contributed by atoms with Crippen molar-refractivity contribution in [3.05, 3.63) is 53.1 Å². The van der Waals surface area contributed by atoms with Gasteiger partial charge in [-0.1, -0.05) is 45.0 Å². The van der Waals surface area contributed by atoms with Gasteiger partial charge in [0.2, 0.25) is 5.91 Å². The maximum Gasteiger partial charge on any atom is 0.251 e. The molecule has 2 fully saturated rings. The lowest BCUT2D eigenvalue weighted by Crippen LogP contribution is -2.50. The van der Waals surface area contributed by atoms with E-state index in [9.17, 15) is 9.59 Å². The average Bonchev–Trinajstić information content (AvgIpc) is 2.93. The standard InChI is InChI=1S/C33H48N4O3/c1-7-37(28-12-14-40-15-13-28)31-18-27(26-10-8-25(9-11-26)19-34-21(2)3)17-29(24(31)6)32(38)35-20-30-22(4)16-23(5)36-33(30)39/h8-11,17-18,21-23,28,30,34H,7,12-16,19-20H2,1-6H3,(H,35,38)(H,36,39). The number of piperidine rings is 1. The van der Waals surface area contributed by atoms with Crippen LogP contribution in [0.15, 0.2) is 36.4 Å². The SMILES string of the molecule is CCN(c1cc(-c2ccc(CNC(C)C)cc2)cc(C(=O)NCC2C(=O)NC(C)CC2C)c1C)C1CCOCC1. The van der Waals surface area contributed by atoms with Gasteiger partial charge in [0.05, 0.1) is 5.92 Å². The summed E-state index contributed by atoms with van der Waals surface area (Å²) in [4.78, 5) is 28.8. The Kier molecular flexibility index (Phi) is 10.3. The van der Waals surface area contributed by atoms with E-state index < -0.39 is 0 Å². The summed E-state index contributed by atoms with van der Waals surface area (Å²) in [6.45, 7) is 16.2. The summed E-state index contributed by atoms with van der Waals surface area (Å²) < 4.78 is 5.65. The van der Waals surface area contributed by atoms with Gasteiger partial charge in [0.15, 0.2) is 0 Å². The fraction of sp³-hybridized carbons (Fsp3) is 0.576. The van der Waals surface area contributed by atoms with Crippen LogP contribution < -0.4 is 20.9 Å². The zero-order valence-corrected chi connectivity index (χ0v) is 25.2. The highest BCUT2D eigenvalue weighted by molar-refractivity contribution is 5.99. The predicted octanol–water partition coefficient (Wildman–Crippen LogP) is 5.06. The third-order valence-electron chi connectivity index (χ3n) is 8.53. The van der Waals surface area contributed by atoms with Gasteiger partial charge in [-0.15, -0.1) is 0 Å². The molecule has 7 heteroatoms. The number of hydrogen-bond donors (Lipinski definition) is 3. The Bertz CT molecular complexity index is 1160. The van der Waals surface area contributed by atoms with Gasteiger partial charge in [0, 0.05) is 62.2 Å². The summed E-state index contributed by atoms with van der Waals surface area (Å²) in [5.74, 6) is -0.0919. The molecule has 2 amide bonds. The topological polar surface area (TPSA) is 82.7 Å². The molecule has 0 saturated carbocycles. The van der Waals surface area contributed by atoms with Gasteiger partial charge < -0.3 is 25.6 Å². The van der Waals surface area contributed by atoms with Gasteiger partial charge >= 0.3 is 0 Å². The number of rotatable bonds is 10. The lowest BCUT2D eigenvalue weighted by atomic mass is 9.84. The second-order valence-electron chi connectivity index (χ2n) is 12.0. The highest BCUT2D eigenvalue weighted by Crippen LogP contribution is 2.34. The first-order chi connectivity index (χ1) is 19.2. The minimum Gasteiger partial charge on any atom is -0.381 e. The van der Waals surface area contributed by atoms with E-state index >= 15 is 0 Å². The van der Waals surface area contributed by atoms with E-state index in [4.69, 9.17) is 4.74 Å². The number of carbonyl (C=O) groups is 2. The lowest BCUT2D eigenvalue weighted by molar-refractivity contribution is -0.129. The fourth-order valence-corrected chi connectivity index (χ4v) is 6.14. The van der Waals surface area contributed by atoms with Gasteiger partial charge in [0.1, 0.15) is 0 Å². The van der Waals surface area contributed by atoms with Crippen LogP contribution in [0.3, 0.4) is 0 Å². The van der Waals surface area contributed by atoms with Crippen molar-refractivity contribution in [3.63, 3.8) is 0 Å². The molecule has 7 nitrogen and oxygen atoms in total. The number of amides is 2. The zero-order chi connectivity index (χ0) is 28.8. The summed E-state index contributed by atoms with van der Waals surface area (Å²) >= 11 is 0. The molecule has 0 bridgehead atoms. The Morgan fingerprint density at radius 3 is 2.42 bits per heavy atom. The van der Waals surface area contributed by atoms with Crippen molar-refractivity contribution in [1.82, 2.24) is 16.0 Å². The highest BCUT2D eigenvalue weighted by atomic mass is 16.5. The van der Waals surface area contributed by atoms with Crippen molar-refractivity contribution in [3.8, 4) is 11.1 Å². The molecule has 2 aromatic carbocycles. The quantitative estimate of drug-likeness (QED) is 0.387. The van der Waals surface area contributed by atoms with Crippen LogP contribution in [0.4, 0.5) is 5.69 Å². The summed E-state index contributed by atoms with van der Waals surface area (Å²) in [6, 6.07) is 13.8. The molecule has 3 unspecified atom stereocenters. The summed E-state index contributed by atoms with van der Waals surface area (Å²) in [5, 5.41) is 9.63. The number of carbonyl (C=O) groups excluding carboxylic acids is 2. The van der Waals surface area contributed by atoms with Crippen molar-refractivity contribution in [1.29, 1.82) is 0 Å². The van der Waals surface area contributed by atoms with Gasteiger partial charge in [-0.3, -0.25) is 9.59 Å². The van der Waals surface area contributed by atoms with Crippen molar-refractivity contribution >= 4 is 17.5 Å². The van der Waals surface area contributed by atoms with Crippen molar-refractivity contribution in [2.75, 3.05) is 31.2 Å². The van der Waals surface area contributed by atoms with Crippen LogP contribution >= 0.6 is 0 Å². The van der Waals surface area contributed by atoms with Crippen molar-refractivity contribution in [2.45, 2.75) is 85.5 Å². The highest BCUT2D eigenvalue weighted by Gasteiger charge is 2.32. The molecule has 0 aromatic heterocycles. The Morgan fingerprint density at radius 2 is 1.80 bits per heavy atom. The number of benzene rings is 2. The number of nitrogens with one attached hydrogen (secondary N) is 3. The van der Waals surface area contributed by atoms with Crippen LogP contribution in [0.5, 0.6) is 0 Å². The van der Waals surface area contributed by atoms with Gasteiger partial charge in [0.25, 0.3) is 5.91 Å². The second kappa shape index (κ2) is 13.6. The molecule has 0 radical (unpaired) electrons. The van der Waals surface area contributed by atoms with Crippen LogP contribution in [-0.4, -0.2) is 56.2 Å². The third kappa shape index (κ3) is 7.24. The third-order valence-corrected chi connectivity index (χ3v) is 8.53. The van der Waals surface area contributed by atoms with Crippen LogP contribution in [0.25, 0.3) is 11.1 Å². The Labute approximate surface area is 240 Å². The normalized spacial score (nSPS) is 21.8. The minimum atomic E-state index is -0.218. The molecule has 0 aliphatic carbocycles. The van der Waals surface area contributed by atoms with Gasteiger partial charge in [-0.2, -0.15) is 0 Å². The molecular formula is C33H48N4O3. The van der Waals surface area contributed by atoms with Crippen molar-refractivity contribution in [2.24, 2.45) is 11.8 Å². The fourth-order valence-electron chi connectivity index (χ4n) is 6.14. The molecule has 4 rings (SSSR count). The molecule has 40 heavy (non-hydrogen) atoms. The van der Waals surface area contributed by atoms with Crippen molar-refractivity contribution < 1.29 is 14.3 Å². The second-order valence-corrected chi connectivity index (χ2v) is 12.0. The summed E-state index contributed by atoms with van der Waals surface area (Å²) in [7, 11) is 0. The van der Waals surface area contributed by atoms with E-state index in [1.54, 1.807) is 0 Å². The average molecular weight is 549 g/mol. The Balaban J connectivity index is 1.65. The first kappa shape index (κ1) is 30.1. The Morgan fingerprint density at radius 1 is 1.10 bits per heavy atom. The van der Waals surface area contributed by atoms with Gasteiger partial charge in [-0.05, 0) is 80.3 Å². The molecule has 2 aromatic rings. The van der Waals surface area contributed by atoms with Crippen LogP contribution in [0.1, 0.15) is 75.4 Å². The molecule has 2 aliphatic rings. The predicted molar refractivity (Wildman–Crippen MR) is 163 cm³/mol. The molecule has 2 heterocycles. The van der Waals surface area contributed by atoms with E-state index in [0.717, 1.165) is 67.9 Å². The molecule has 0 spiro atoms.